The van der Waals surface area contributed by atoms with Crippen molar-refractivity contribution in [3.63, 3.8) is 0 Å². The molecule has 1 heterocycles. The van der Waals surface area contributed by atoms with Crippen molar-refractivity contribution in [3.05, 3.63) is 12.2 Å². The van der Waals surface area contributed by atoms with Gasteiger partial charge < -0.3 is 18.9 Å². The number of esters is 1. The van der Waals surface area contributed by atoms with E-state index in [4.69, 9.17) is 18.9 Å². The van der Waals surface area contributed by atoms with Crippen molar-refractivity contribution in [3.8, 4) is 23.7 Å². The summed E-state index contributed by atoms with van der Waals surface area (Å²) in [5.41, 5.74) is 0. The van der Waals surface area contributed by atoms with Crippen molar-refractivity contribution in [2.45, 2.75) is 96.2 Å². The molecule has 1 rings (SSSR count). The highest BCUT2D eigenvalue weighted by molar-refractivity contribution is 5.75. The van der Waals surface area contributed by atoms with Crippen LogP contribution in [0.2, 0.25) is 0 Å². The van der Waals surface area contributed by atoms with Crippen LogP contribution in [0.3, 0.4) is 0 Å². The Kier molecular flexibility index (Phi) is 11.7. The van der Waals surface area contributed by atoms with Gasteiger partial charge in [0.15, 0.2) is 6.10 Å². The standard InChI is InChI=1S/C24H36O5/c1-6-7-8-9-10-11-12-13-14-15-16-17-18-19-20-21-22(25)29-24(3,27-5)23(2,26-4)28-21/h10-11,21H,6-9,16-20H2,1-5H3. The molecule has 5 heteroatoms. The molecule has 1 saturated heterocycles. The predicted molar refractivity (Wildman–Crippen MR) is 114 cm³/mol. The zero-order valence-corrected chi connectivity index (χ0v) is 18.6. The summed E-state index contributed by atoms with van der Waals surface area (Å²) in [6.45, 7) is 5.55. The topological polar surface area (TPSA) is 54.0 Å². The van der Waals surface area contributed by atoms with Crippen LogP contribution in [0.25, 0.3) is 0 Å². The van der Waals surface area contributed by atoms with Crippen molar-refractivity contribution in [2.24, 2.45) is 0 Å². The van der Waals surface area contributed by atoms with Gasteiger partial charge in [-0.2, -0.15) is 0 Å². The molecule has 0 bridgehead atoms. The number of ether oxygens (including phenoxy) is 4. The van der Waals surface area contributed by atoms with Crippen LogP contribution in [0.15, 0.2) is 12.2 Å². The maximum atomic E-state index is 12.2. The van der Waals surface area contributed by atoms with E-state index in [2.05, 4.69) is 36.7 Å². The van der Waals surface area contributed by atoms with Gasteiger partial charge in [-0.15, -0.1) is 0 Å². The molecular weight excluding hydrogens is 368 g/mol. The number of methoxy groups -OCH3 is 2. The maximum Gasteiger partial charge on any atom is 0.338 e. The number of carbonyl (C=O) groups is 1. The fourth-order valence-corrected chi connectivity index (χ4v) is 2.97. The Hall–Kier alpha value is -1.79. The van der Waals surface area contributed by atoms with Crippen molar-refractivity contribution in [1.82, 2.24) is 0 Å². The van der Waals surface area contributed by atoms with Gasteiger partial charge in [0.25, 0.3) is 5.79 Å². The van der Waals surface area contributed by atoms with E-state index in [0.29, 0.717) is 6.42 Å². The summed E-state index contributed by atoms with van der Waals surface area (Å²) in [6.07, 6.45) is 12.3. The SMILES string of the molecule is CCCCCC=CC#CC#CCCCCCC1OC(C)(OC)C(C)(OC)OC1=O. The van der Waals surface area contributed by atoms with Crippen molar-refractivity contribution < 1.29 is 23.7 Å². The lowest BCUT2D eigenvalue weighted by Crippen LogP contribution is -2.64. The number of cyclic esters (lactones) is 1. The maximum absolute atomic E-state index is 12.2. The molecule has 0 saturated carbocycles. The average Bonchev–Trinajstić information content (AvgIpc) is 2.71. The monoisotopic (exact) mass is 404 g/mol. The first kappa shape index (κ1) is 25.2. The predicted octanol–water partition coefficient (Wildman–Crippen LogP) is 4.75. The summed E-state index contributed by atoms with van der Waals surface area (Å²) in [4.78, 5) is 12.2. The number of rotatable bonds is 11. The largest absolute Gasteiger partial charge is 0.425 e. The van der Waals surface area contributed by atoms with Gasteiger partial charge in [-0.1, -0.05) is 50.5 Å². The van der Waals surface area contributed by atoms with E-state index in [1.807, 2.05) is 6.08 Å². The van der Waals surface area contributed by atoms with Crippen LogP contribution in [0.4, 0.5) is 0 Å². The van der Waals surface area contributed by atoms with Crippen molar-refractivity contribution >= 4 is 5.97 Å². The number of unbranched alkanes of at least 4 members (excludes halogenated alkanes) is 6. The summed E-state index contributed by atoms with van der Waals surface area (Å²) in [6, 6.07) is 0. The summed E-state index contributed by atoms with van der Waals surface area (Å²) in [5.74, 6) is 8.91. The van der Waals surface area contributed by atoms with Crippen LogP contribution in [0, 0.1) is 23.7 Å². The van der Waals surface area contributed by atoms with Gasteiger partial charge in [-0.25, -0.2) is 4.79 Å². The highest BCUT2D eigenvalue weighted by Crippen LogP contribution is 2.38. The summed E-state index contributed by atoms with van der Waals surface area (Å²) >= 11 is 0. The van der Waals surface area contributed by atoms with Gasteiger partial charge in [0.2, 0.25) is 5.79 Å². The molecule has 3 atom stereocenters. The summed E-state index contributed by atoms with van der Waals surface area (Å²) in [7, 11) is 2.97. The Morgan fingerprint density at radius 3 is 2.48 bits per heavy atom. The Labute approximate surface area is 176 Å². The molecule has 1 aliphatic heterocycles. The molecule has 5 nitrogen and oxygen atoms in total. The third-order valence-corrected chi connectivity index (χ3v) is 5.20. The van der Waals surface area contributed by atoms with Crippen molar-refractivity contribution in [2.75, 3.05) is 14.2 Å². The lowest BCUT2D eigenvalue weighted by Gasteiger charge is -2.47. The molecule has 1 fully saturated rings. The zero-order valence-electron chi connectivity index (χ0n) is 18.6. The van der Waals surface area contributed by atoms with Crippen LogP contribution >= 0.6 is 0 Å². The molecule has 162 valence electrons. The molecule has 0 aromatic heterocycles. The Morgan fingerprint density at radius 2 is 1.79 bits per heavy atom. The third kappa shape index (κ3) is 8.23. The van der Waals surface area contributed by atoms with Crippen LogP contribution in [-0.2, 0) is 23.7 Å². The normalized spacial score (nSPS) is 26.4. The van der Waals surface area contributed by atoms with E-state index >= 15 is 0 Å². The summed E-state index contributed by atoms with van der Waals surface area (Å²) < 4.78 is 22.1. The zero-order chi connectivity index (χ0) is 21.6. The van der Waals surface area contributed by atoms with Gasteiger partial charge in [0.1, 0.15) is 0 Å². The summed E-state index contributed by atoms with van der Waals surface area (Å²) in [5, 5.41) is 0. The third-order valence-electron chi connectivity index (χ3n) is 5.20. The highest BCUT2D eigenvalue weighted by atomic mass is 16.8. The lowest BCUT2D eigenvalue weighted by molar-refractivity contribution is -0.406. The van der Waals surface area contributed by atoms with Crippen molar-refractivity contribution in [1.29, 1.82) is 0 Å². The van der Waals surface area contributed by atoms with Crippen LogP contribution in [-0.4, -0.2) is 37.9 Å². The Morgan fingerprint density at radius 1 is 1.03 bits per heavy atom. The minimum Gasteiger partial charge on any atom is -0.425 e. The first-order valence-corrected chi connectivity index (χ1v) is 10.6. The second kappa shape index (κ2) is 13.4. The molecule has 0 aromatic carbocycles. The second-order valence-corrected chi connectivity index (χ2v) is 7.40. The van der Waals surface area contributed by atoms with Gasteiger partial charge in [0, 0.05) is 27.6 Å². The molecule has 0 aliphatic carbocycles. The van der Waals surface area contributed by atoms with E-state index < -0.39 is 23.6 Å². The smallest absolute Gasteiger partial charge is 0.338 e. The van der Waals surface area contributed by atoms with E-state index in [1.54, 1.807) is 13.8 Å². The second-order valence-electron chi connectivity index (χ2n) is 7.40. The number of hydrogen-bond acceptors (Lipinski definition) is 5. The lowest BCUT2D eigenvalue weighted by atomic mass is 10.0. The number of hydrogen-bond donors (Lipinski definition) is 0. The number of carbonyl (C=O) groups excluding carboxylic acids is 1. The molecule has 0 spiro atoms. The molecule has 29 heavy (non-hydrogen) atoms. The van der Waals surface area contributed by atoms with Gasteiger partial charge in [-0.05, 0) is 50.5 Å². The van der Waals surface area contributed by atoms with E-state index in [9.17, 15) is 4.79 Å². The minimum atomic E-state index is -1.27. The molecule has 0 radical (unpaired) electrons. The van der Waals surface area contributed by atoms with E-state index in [1.165, 1.54) is 33.5 Å². The van der Waals surface area contributed by atoms with Gasteiger partial charge >= 0.3 is 5.97 Å². The minimum absolute atomic E-state index is 0.415. The van der Waals surface area contributed by atoms with Crippen LogP contribution in [0.5, 0.6) is 0 Å². The van der Waals surface area contributed by atoms with Gasteiger partial charge in [0.05, 0.1) is 0 Å². The molecule has 3 unspecified atom stereocenters. The molecular formula is C24H36O5. The van der Waals surface area contributed by atoms with Gasteiger partial charge in [-0.3, -0.25) is 0 Å². The van der Waals surface area contributed by atoms with Crippen LogP contribution < -0.4 is 0 Å². The quantitative estimate of drug-likeness (QED) is 0.283. The Bertz CT molecular complexity index is 648. The average molecular weight is 405 g/mol. The Balaban J connectivity index is 2.25. The first-order chi connectivity index (χ1) is 13.9. The molecule has 0 amide bonds. The molecule has 0 N–H and O–H groups in total. The highest BCUT2D eigenvalue weighted by Gasteiger charge is 2.57. The van der Waals surface area contributed by atoms with Crippen LogP contribution in [0.1, 0.15) is 78.6 Å². The first-order valence-electron chi connectivity index (χ1n) is 10.6. The fraction of sp³-hybridized carbons (Fsp3) is 0.708. The van der Waals surface area contributed by atoms with E-state index in [-0.39, 0.29) is 0 Å². The molecule has 1 aliphatic rings. The number of allylic oxidation sites excluding steroid dienone is 2. The fourth-order valence-electron chi connectivity index (χ4n) is 2.97. The molecule has 0 aromatic rings. The van der Waals surface area contributed by atoms with E-state index in [0.717, 1.165) is 32.1 Å².